The number of hydrogen-bond donors (Lipinski definition) is 3. The van der Waals surface area contributed by atoms with E-state index in [9.17, 15) is 33.9 Å². The molecule has 19 nitrogen and oxygen atoms in total. The van der Waals surface area contributed by atoms with Crippen LogP contribution in [0.4, 0.5) is 28.7 Å². The molecule has 5 aromatic rings. The quantitative estimate of drug-likeness (QED) is 0.188. The minimum Gasteiger partial charge on any atom is -0.489 e. The molecule has 0 radical (unpaired) electrons. The number of carbonyl (C=O) groups excluding carboxylic acids is 5. The number of fused-ring (bicyclic) bond motifs is 7. The zero-order valence-electron chi connectivity index (χ0n) is 40.8. The van der Waals surface area contributed by atoms with Crippen molar-refractivity contribution in [3.05, 3.63) is 105 Å². The molecule has 12 rings (SSSR count). The first-order valence-corrected chi connectivity index (χ1v) is 25.0. The molecule has 4 atom stereocenters. The fourth-order valence-electron chi connectivity index (χ4n) is 12.5. The van der Waals surface area contributed by atoms with Gasteiger partial charge in [0.1, 0.15) is 41.4 Å². The van der Waals surface area contributed by atoms with Gasteiger partial charge in [-0.3, -0.25) is 48.8 Å². The van der Waals surface area contributed by atoms with E-state index in [2.05, 4.69) is 55.7 Å². The lowest BCUT2D eigenvalue weighted by atomic mass is 9.90. The number of hydrogen-bond acceptors (Lipinski definition) is 14. The second-order valence-electron chi connectivity index (χ2n) is 21.2. The van der Waals surface area contributed by atoms with Gasteiger partial charge in [0.05, 0.1) is 41.3 Å². The number of anilines is 5. The molecule has 3 N–H and O–H groups in total. The van der Waals surface area contributed by atoms with E-state index < -0.39 is 29.7 Å². The lowest BCUT2D eigenvalue weighted by molar-refractivity contribution is -0.136. The molecule has 3 fully saturated rings. The summed E-state index contributed by atoms with van der Waals surface area (Å²) in [6, 6.07) is 12.4. The Morgan fingerprint density at radius 3 is 2.44 bits per heavy atom. The molecule has 6 aliphatic heterocycles. The molecule has 72 heavy (non-hydrogen) atoms. The molecule has 0 saturated carbocycles. The Morgan fingerprint density at radius 2 is 1.68 bits per heavy atom. The lowest BCUT2D eigenvalue weighted by Gasteiger charge is -2.50. The first kappa shape index (κ1) is 45.7. The predicted octanol–water partition coefficient (Wildman–Crippen LogP) is 4.01. The van der Waals surface area contributed by atoms with Gasteiger partial charge in [0.15, 0.2) is 0 Å². The number of nitrogens with one attached hydrogen (secondary N) is 2. The summed E-state index contributed by atoms with van der Waals surface area (Å²) in [7, 11) is 1.68. The molecule has 1 unspecified atom stereocenters. The number of aliphatic hydroxyl groups is 1. The summed E-state index contributed by atoms with van der Waals surface area (Å²) in [4.78, 5) is 98.3. The Kier molecular flexibility index (Phi) is 10.9. The maximum absolute atomic E-state index is 14.0. The van der Waals surface area contributed by atoms with Crippen molar-refractivity contribution >= 4 is 58.2 Å². The van der Waals surface area contributed by atoms with Crippen LogP contribution in [0.2, 0.25) is 0 Å². The van der Waals surface area contributed by atoms with Crippen LogP contribution in [-0.2, 0) is 42.6 Å². The molecular formula is C53H57N11O8. The molecular weight excluding hydrogens is 919 g/mol. The maximum Gasteiger partial charge on any atom is 0.276 e. The van der Waals surface area contributed by atoms with Gasteiger partial charge in [0.25, 0.3) is 23.3 Å². The third-order valence-corrected chi connectivity index (χ3v) is 16.0. The second-order valence-corrected chi connectivity index (χ2v) is 21.2. The van der Waals surface area contributed by atoms with Crippen LogP contribution in [-0.4, -0.2) is 127 Å². The lowest BCUT2D eigenvalue weighted by Crippen LogP contribution is -2.59. The van der Waals surface area contributed by atoms with Gasteiger partial charge in [0.2, 0.25) is 11.8 Å². The van der Waals surface area contributed by atoms with E-state index in [1.54, 1.807) is 48.6 Å². The van der Waals surface area contributed by atoms with Crippen LogP contribution in [0.25, 0.3) is 11.1 Å². The standard InChI is InChI=1S/C53H57N11O8/c1-29-25-59(32-10-12-61-34(19-32)28-72-44-21-37-36(20-41(44)61)49(68)64(50(37)69)40-6-8-46(66)57-48(40)67)13-14-60(29)33-5-7-45(55-24-33)56-39-17-31(26-58(4)51(39)70)35-9-11-54-47(38(35)27-65)63-16-15-62-42(52(63)71)18-30-22-53(2,3)23-43(30)62/h5,7,9,11,17-18,20-21,24,26,29,32,34,40,65H,6,8,10,12-16,19,22-23,25,27-28H2,1-4H3,(H,55,56)(H,57,66,67)/t29-,32+,34-,40?/m0/s1. The number of nitrogens with zero attached hydrogens (tertiary/aromatic N) is 9. The fourth-order valence-corrected chi connectivity index (χ4v) is 12.5. The minimum absolute atomic E-state index is 0.0603. The zero-order chi connectivity index (χ0) is 49.9. The maximum atomic E-state index is 14.0. The van der Waals surface area contributed by atoms with E-state index in [1.165, 1.54) is 15.8 Å². The molecule has 5 amide bonds. The largest absolute Gasteiger partial charge is 0.489 e. The van der Waals surface area contributed by atoms with E-state index >= 15 is 0 Å². The molecule has 0 bridgehead atoms. The van der Waals surface area contributed by atoms with Gasteiger partial charge in [-0.05, 0) is 98.0 Å². The van der Waals surface area contributed by atoms with Crippen molar-refractivity contribution in [2.75, 3.05) is 59.3 Å². The third kappa shape index (κ3) is 7.54. The SMILES string of the molecule is C[C@H]1CN([C@@H]2CCN3c4cc5c(cc4OC[C@@H]3C2)C(=O)N(C2CCC(=O)NC2=O)C5=O)CCN1c1ccc(Nc2cc(-c3ccnc(N4CCn5c(cc6c5CC(C)(C)C6)C4=O)c3CO)cn(C)c2=O)nc1. The van der Waals surface area contributed by atoms with Crippen LogP contribution in [0.3, 0.4) is 0 Å². The predicted molar refractivity (Wildman–Crippen MR) is 267 cm³/mol. The van der Waals surface area contributed by atoms with Gasteiger partial charge < -0.3 is 34.1 Å². The molecule has 19 heteroatoms. The number of piperidine rings is 2. The van der Waals surface area contributed by atoms with E-state index in [1.807, 2.05) is 24.4 Å². The van der Waals surface area contributed by atoms with Gasteiger partial charge in [-0.15, -0.1) is 0 Å². The summed E-state index contributed by atoms with van der Waals surface area (Å²) < 4.78 is 9.92. The molecule has 0 spiro atoms. The number of rotatable bonds is 8. The Balaban J connectivity index is 0.693. The van der Waals surface area contributed by atoms with Crippen molar-refractivity contribution in [2.45, 2.75) is 96.6 Å². The number of carbonyl (C=O) groups is 5. The van der Waals surface area contributed by atoms with Crippen molar-refractivity contribution in [2.24, 2.45) is 12.5 Å². The van der Waals surface area contributed by atoms with E-state index in [4.69, 9.17) is 9.72 Å². The fraction of sp³-hybridized carbons (Fsp3) is 0.434. The summed E-state index contributed by atoms with van der Waals surface area (Å²) in [6.07, 6.45) is 9.01. The monoisotopic (exact) mass is 975 g/mol. The van der Waals surface area contributed by atoms with Crippen LogP contribution < -0.4 is 35.6 Å². The Labute approximate surface area is 415 Å². The number of piperazine rings is 1. The normalized spacial score (nSPS) is 23.6. The van der Waals surface area contributed by atoms with Crippen LogP contribution in [0.15, 0.2) is 65.8 Å². The van der Waals surface area contributed by atoms with Gasteiger partial charge in [0, 0.05) is 94.0 Å². The molecule has 1 aromatic carbocycles. The summed E-state index contributed by atoms with van der Waals surface area (Å²) >= 11 is 0. The number of aromatic nitrogens is 4. The van der Waals surface area contributed by atoms with Gasteiger partial charge in [-0.1, -0.05) is 13.8 Å². The molecule has 1 aliphatic carbocycles. The minimum atomic E-state index is -1.03. The first-order chi connectivity index (χ1) is 34.6. The highest BCUT2D eigenvalue weighted by atomic mass is 16.5. The smallest absolute Gasteiger partial charge is 0.276 e. The van der Waals surface area contributed by atoms with E-state index in [-0.39, 0.29) is 59.5 Å². The highest BCUT2D eigenvalue weighted by Crippen LogP contribution is 2.44. The molecule has 10 heterocycles. The van der Waals surface area contributed by atoms with Gasteiger partial charge in [-0.2, -0.15) is 0 Å². The molecule has 3 saturated heterocycles. The van der Waals surface area contributed by atoms with Crippen LogP contribution >= 0.6 is 0 Å². The first-order valence-electron chi connectivity index (χ1n) is 25.0. The average molecular weight is 976 g/mol. The van der Waals surface area contributed by atoms with Gasteiger partial charge >= 0.3 is 0 Å². The number of aryl methyl sites for hydroxylation is 1. The van der Waals surface area contributed by atoms with E-state index in [0.29, 0.717) is 71.2 Å². The van der Waals surface area contributed by atoms with Crippen LogP contribution in [0.5, 0.6) is 5.75 Å². The Morgan fingerprint density at radius 1 is 0.861 bits per heavy atom. The number of benzene rings is 1. The van der Waals surface area contributed by atoms with Crippen LogP contribution in [0, 0.1) is 5.41 Å². The average Bonchev–Trinajstić information content (AvgIpc) is 3.95. The zero-order valence-corrected chi connectivity index (χ0v) is 40.8. The molecule has 7 aliphatic rings. The van der Waals surface area contributed by atoms with Crippen molar-refractivity contribution < 1.29 is 33.8 Å². The second kappa shape index (κ2) is 17.1. The molecule has 4 aromatic heterocycles. The van der Waals surface area contributed by atoms with E-state index in [0.717, 1.165) is 68.1 Å². The van der Waals surface area contributed by atoms with Crippen molar-refractivity contribution in [1.82, 2.24) is 34.2 Å². The summed E-state index contributed by atoms with van der Waals surface area (Å²) in [6.45, 7) is 11.2. The van der Waals surface area contributed by atoms with Crippen molar-refractivity contribution in [3.8, 4) is 16.9 Å². The van der Waals surface area contributed by atoms with Crippen molar-refractivity contribution in [3.63, 3.8) is 0 Å². The Hall–Kier alpha value is -7.38. The number of imide groups is 2. The highest BCUT2D eigenvalue weighted by Gasteiger charge is 2.47. The van der Waals surface area contributed by atoms with Gasteiger partial charge in [-0.25, -0.2) is 9.97 Å². The summed E-state index contributed by atoms with van der Waals surface area (Å²) in [5.74, 6) is -0.801. The highest BCUT2D eigenvalue weighted by molar-refractivity contribution is 6.24. The summed E-state index contributed by atoms with van der Waals surface area (Å²) in [5, 5.41) is 16.3. The topological polar surface area (TPSA) is 208 Å². The summed E-state index contributed by atoms with van der Waals surface area (Å²) in [5.41, 5.74) is 7.42. The number of ether oxygens (including phenoxy) is 1. The number of amides is 5. The van der Waals surface area contributed by atoms with Crippen LogP contribution in [0.1, 0.15) is 94.5 Å². The third-order valence-electron chi connectivity index (χ3n) is 16.0. The number of aliphatic hydroxyl groups excluding tert-OH is 1. The number of pyridine rings is 3. The molecule has 372 valence electrons. The Bertz CT molecular complexity index is 3200. The van der Waals surface area contributed by atoms with Crippen molar-refractivity contribution in [1.29, 1.82) is 0 Å².